The molecule has 1 fully saturated rings. The molecule has 1 saturated carbocycles. The number of aromatic hydroxyl groups is 1. The lowest BCUT2D eigenvalue weighted by Crippen LogP contribution is -2.56. The van der Waals surface area contributed by atoms with Crippen LogP contribution in [0.5, 0.6) is 17.2 Å². The van der Waals surface area contributed by atoms with Gasteiger partial charge in [0.1, 0.15) is 28.4 Å². The van der Waals surface area contributed by atoms with Crippen molar-refractivity contribution in [3.05, 3.63) is 64.7 Å². The molecule has 1 aromatic rings. The summed E-state index contributed by atoms with van der Waals surface area (Å²) in [7, 11) is 1.50. The summed E-state index contributed by atoms with van der Waals surface area (Å²) in [5.41, 5.74) is 1.45. The highest BCUT2D eigenvalue weighted by molar-refractivity contribution is 6.13. The van der Waals surface area contributed by atoms with E-state index in [2.05, 4.69) is 19.9 Å². The lowest BCUT2D eigenvalue weighted by molar-refractivity contribution is -0.147. The van der Waals surface area contributed by atoms with Crippen LogP contribution in [0.4, 0.5) is 0 Å². The number of carboxylic acids is 1. The highest BCUT2D eigenvalue weighted by Crippen LogP contribution is 2.60. The number of ketones is 2. The van der Waals surface area contributed by atoms with Gasteiger partial charge in [0.25, 0.3) is 0 Å². The molecular weight excluding hydrogens is 572 g/mol. The van der Waals surface area contributed by atoms with Crippen LogP contribution < -0.4 is 9.47 Å². The largest absolute Gasteiger partial charge is 0.507 e. The van der Waals surface area contributed by atoms with Crippen LogP contribution in [0.3, 0.4) is 0 Å². The van der Waals surface area contributed by atoms with Gasteiger partial charge in [0.15, 0.2) is 11.5 Å². The molecule has 2 unspecified atom stereocenters. The van der Waals surface area contributed by atoms with Gasteiger partial charge in [-0.25, -0.2) is 0 Å². The normalized spacial score (nSPS) is 32.0. The Morgan fingerprint density at radius 3 is 2.62 bits per heavy atom. The number of hydrogen-bond donors (Lipinski definition) is 2. The molecule has 5 aliphatic rings. The zero-order valence-corrected chi connectivity index (χ0v) is 26.9. The summed E-state index contributed by atoms with van der Waals surface area (Å²) < 4.78 is 17.6. The summed E-state index contributed by atoms with van der Waals surface area (Å²) in [6.45, 7) is 8.52. The maximum Gasteiger partial charge on any atom is 0.307 e. The smallest absolute Gasteiger partial charge is 0.307 e. The molecule has 0 amide bonds. The van der Waals surface area contributed by atoms with Crippen LogP contribution in [0.15, 0.2) is 59.1 Å². The number of carboxylic acid groups (broad SMARTS) is 1. The fourth-order valence-electron chi connectivity index (χ4n) is 9.14. The Bertz CT molecular complexity index is 1560. The molecule has 45 heavy (non-hydrogen) atoms. The number of hydrogen-bond acceptors (Lipinski definition) is 7. The van der Waals surface area contributed by atoms with E-state index in [1.807, 2.05) is 19.1 Å². The Labute approximate surface area is 264 Å². The van der Waals surface area contributed by atoms with E-state index in [0.717, 1.165) is 24.8 Å². The van der Waals surface area contributed by atoms with E-state index < -0.39 is 29.1 Å². The minimum absolute atomic E-state index is 0.0200. The van der Waals surface area contributed by atoms with Gasteiger partial charge in [0.2, 0.25) is 5.78 Å². The molecule has 1 aromatic carbocycles. The van der Waals surface area contributed by atoms with E-state index in [4.69, 9.17) is 14.2 Å². The Balaban J connectivity index is 1.50. The number of ether oxygens (including phenoxy) is 3. The molecule has 8 heteroatoms. The van der Waals surface area contributed by atoms with Crippen molar-refractivity contribution in [3.8, 4) is 17.2 Å². The first-order chi connectivity index (χ1) is 21.4. The first-order valence-corrected chi connectivity index (χ1v) is 16.2. The third-order valence-corrected chi connectivity index (χ3v) is 11.3. The molecule has 1 aliphatic heterocycles. The molecule has 0 aromatic heterocycles. The van der Waals surface area contributed by atoms with Gasteiger partial charge in [-0.2, -0.15) is 0 Å². The van der Waals surface area contributed by atoms with E-state index in [1.165, 1.54) is 24.8 Å². The number of Topliss-reactive ketones (excluding diaryl/α,β-unsaturated/α-hetero) is 1. The molecule has 0 spiro atoms. The molecule has 6 atom stereocenters. The van der Waals surface area contributed by atoms with Crippen molar-refractivity contribution >= 4 is 17.5 Å². The van der Waals surface area contributed by atoms with Gasteiger partial charge in [-0.3, -0.25) is 14.4 Å². The number of methoxy groups -OCH3 is 1. The Kier molecular flexibility index (Phi) is 7.99. The van der Waals surface area contributed by atoms with E-state index >= 15 is 0 Å². The second-order valence-electron chi connectivity index (χ2n) is 13.9. The number of aliphatic carboxylic acids is 1. The van der Waals surface area contributed by atoms with Crippen LogP contribution in [-0.4, -0.2) is 41.5 Å². The standard InChI is InChI=1S/C37H44O8/c1-6-44-31-19-32(39)37(33-14-11-24-29(38)16-21(43-5)17-30(24)45-33)27(34(31)40)12-9-20(2)28(37)18-25-22-8-7-15-36(3,4)26(22)13-10-23(25)35(41)42/h9,13-14,16-17,19,22-23,25,27-28,38H,6-8,10-12,15,18H2,1-5H3,(H,41,42)/t22?,23-,25?,27-,28+,37-/m0/s1. The van der Waals surface area contributed by atoms with E-state index in [-0.39, 0.29) is 46.9 Å². The van der Waals surface area contributed by atoms with Crippen LogP contribution in [-0.2, 0) is 25.5 Å². The third kappa shape index (κ3) is 4.92. The maximum absolute atomic E-state index is 14.7. The highest BCUT2D eigenvalue weighted by Gasteiger charge is 2.63. The maximum atomic E-state index is 14.7. The second kappa shape index (κ2) is 11.5. The van der Waals surface area contributed by atoms with E-state index in [9.17, 15) is 24.6 Å². The molecule has 0 saturated heterocycles. The molecular formula is C37H44O8. The van der Waals surface area contributed by atoms with Gasteiger partial charge >= 0.3 is 5.97 Å². The fourth-order valence-corrected chi connectivity index (χ4v) is 9.14. The quantitative estimate of drug-likeness (QED) is 0.324. The molecule has 0 radical (unpaired) electrons. The first kappa shape index (κ1) is 31.2. The number of phenolic OH excluding ortho intramolecular Hbond substituents is 1. The van der Waals surface area contributed by atoms with Gasteiger partial charge in [0, 0.05) is 42.0 Å². The topological polar surface area (TPSA) is 119 Å². The third-order valence-electron chi connectivity index (χ3n) is 11.3. The Morgan fingerprint density at radius 1 is 1.13 bits per heavy atom. The molecule has 8 nitrogen and oxygen atoms in total. The molecule has 4 aliphatic carbocycles. The number of carbonyl (C=O) groups is 3. The Morgan fingerprint density at radius 2 is 1.91 bits per heavy atom. The second-order valence-corrected chi connectivity index (χ2v) is 13.9. The predicted octanol–water partition coefficient (Wildman–Crippen LogP) is 6.72. The fraction of sp³-hybridized carbons (Fsp3) is 0.541. The van der Waals surface area contributed by atoms with Crippen molar-refractivity contribution in [2.45, 2.75) is 72.6 Å². The number of rotatable bonds is 7. The van der Waals surface area contributed by atoms with Gasteiger partial charge in [-0.1, -0.05) is 43.6 Å². The first-order valence-electron chi connectivity index (χ1n) is 16.2. The average Bonchev–Trinajstić information content (AvgIpc) is 3.00. The number of allylic oxidation sites excluding steroid dienone is 8. The van der Waals surface area contributed by atoms with Crippen molar-refractivity contribution in [2.24, 2.45) is 40.4 Å². The van der Waals surface area contributed by atoms with E-state index in [1.54, 1.807) is 13.0 Å². The highest BCUT2D eigenvalue weighted by atomic mass is 16.5. The van der Waals surface area contributed by atoms with Gasteiger partial charge in [-0.15, -0.1) is 0 Å². The summed E-state index contributed by atoms with van der Waals surface area (Å²) >= 11 is 0. The van der Waals surface area contributed by atoms with Crippen molar-refractivity contribution in [2.75, 3.05) is 13.7 Å². The van der Waals surface area contributed by atoms with Crippen molar-refractivity contribution in [3.63, 3.8) is 0 Å². The minimum atomic E-state index is -1.39. The van der Waals surface area contributed by atoms with Crippen LogP contribution in [0.2, 0.25) is 0 Å². The van der Waals surface area contributed by atoms with Crippen molar-refractivity contribution < 1.29 is 38.8 Å². The monoisotopic (exact) mass is 616 g/mol. The molecule has 0 bridgehead atoms. The number of carbonyl (C=O) groups excluding carboxylic acids is 2. The van der Waals surface area contributed by atoms with Crippen molar-refractivity contribution in [1.29, 1.82) is 0 Å². The van der Waals surface area contributed by atoms with Crippen molar-refractivity contribution in [1.82, 2.24) is 0 Å². The summed E-state index contributed by atoms with van der Waals surface area (Å²) in [5, 5.41) is 21.2. The summed E-state index contributed by atoms with van der Waals surface area (Å²) in [6, 6.07) is 3.21. The molecule has 1 heterocycles. The predicted molar refractivity (Wildman–Crippen MR) is 168 cm³/mol. The SMILES string of the molecule is CCOC1=CC(=O)[C@@]2(C3=CCc4c(O)cc(OC)cc4O3)[C@H](CC3C4CCCC(C)(C)C4=CC[C@@H]3C(=O)O)C(C)=CC[C@H]2C1=O. The van der Waals surface area contributed by atoms with Crippen LogP contribution in [0.25, 0.3) is 0 Å². The molecule has 6 rings (SSSR count). The molecule has 2 N–H and O–H groups in total. The Hall–Kier alpha value is -3.81. The summed E-state index contributed by atoms with van der Waals surface area (Å²) in [5.74, 6) is -2.06. The van der Waals surface area contributed by atoms with E-state index in [0.29, 0.717) is 48.5 Å². The lowest BCUT2D eigenvalue weighted by atomic mass is 9.50. The number of phenols is 1. The van der Waals surface area contributed by atoms with Crippen LogP contribution >= 0.6 is 0 Å². The van der Waals surface area contributed by atoms with Gasteiger partial charge < -0.3 is 24.4 Å². The number of benzene rings is 1. The summed E-state index contributed by atoms with van der Waals surface area (Å²) in [6.07, 6.45) is 11.9. The zero-order chi connectivity index (χ0) is 32.3. The average molecular weight is 617 g/mol. The summed E-state index contributed by atoms with van der Waals surface area (Å²) in [4.78, 5) is 41.7. The molecule has 240 valence electrons. The van der Waals surface area contributed by atoms with Crippen LogP contribution in [0.1, 0.15) is 71.8 Å². The lowest BCUT2D eigenvalue weighted by Gasteiger charge is -2.53. The van der Waals surface area contributed by atoms with Crippen LogP contribution in [0, 0.1) is 40.4 Å². The zero-order valence-electron chi connectivity index (χ0n) is 26.9. The van der Waals surface area contributed by atoms with Gasteiger partial charge in [-0.05, 0) is 69.3 Å². The number of fused-ring (bicyclic) bond motifs is 3. The van der Waals surface area contributed by atoms with Gasteiger partial charge in [0.05, 0.1) is 19.6 Å². The minimum Gasteiger partial charge on any atom is -0.507 e.